The zero-order valence-corrected chi connectivity index (χ0v) is 21.3. The Bertz CT molecular complexity index is 1090. The number of hydrogen-bond donors (Lipinski definition) is 0. The fraction of sp³-hybridized carbons (Fsp3) is 0.619. The normalized spacial score (nSPS) is 19.8. The third-order valence-electron chi connectivity index (χ3n) is 6.04. The van der Waals surface area contributed by atoms with Gasteiger partial charge in [0.15, 0.2) is 0 Å². The molecule has 2 heterocycles. The van der Waals surface area contributed by atoms with E-state index in [0.717, 1.165) is 38.4 Å². The molecule has 13 heteroatoms. The molecule has 0 radical (unpaired) electrons. The Hall–Kier alpha value is -2.38. The van der Waals surface area contributed by atoms with Gasteiger partial charge in [0.25, 0.3) is 0 Å². The molecule has 3 rings (SSSR count). The van der Waals surface area contributed by atoms with Crippen LogP contribution in [0.2, 0.25) is 0 Å². The van der Waals surface area contributed by atoms with Crippen molar-refractivity contribution in [3.8, 4) is 0 Å². The number of carbonyl (C=O) groups is 2. The number of rotatable bonds is 7. The van der Waals surface area contributed by atoms with E-state index in [0.29, 0.717) is 35.5 Å². The monoisotopic (exact) mass is 516 g/mol. The SMILES string of the molecule is COC(=O)N1CCN(C(=O)Cc2ccccc2N(S(C)(=O)=O)S(C)(=O)=O)[C@H](CN2CCCC2)C1. The maximum atomic E-state index is 13.4. The van der Waals surface area contributed by atoms with Crippen LogP contribution in [-0.2, 0) is 36.0 Å². The van der Waals surface area contributed by atoms with Gasteiger partial charge in [0, 0.05) is 26.2 Å². The minimum absolute atomic E-state index is 0.0647. The number of methoxy groups -OCH3 is 1. The van der Waals surface area contributed by atoms with Gasteiger partial charge in [0.2, 0.25) is 26.0 Å². The summed E-state index contributed by atoms with van der Waals surface area (Å²) in [7, 11) is -6.98. The minimum atomic E-state index is -4.15. The van der Waals surface area contributed by atoms with Crippen molar-refractivity contribution in [3.63, 3.8) is 0 Å². The van der Waals surface area contributed by atoms with Crippen LogP contribution in [0.15, 0.2) is 24.3 Å². The summed E-state index contributed by atoms with van der Waals surface area (Å²) >= 11 is 0. The Morgan fingerprint density at radius 1 is 1.00 bits per heavy atom. The summed E-state index contributed by atoms with van der Waals surface area (Å²) in [6.07, 6.45) is 3.17. The number of hydrogen-bond acceptors (Lipinski definition) is 8. The fourth-order valence-corrected chi connectivity index (χ4v) is 7.64. The van der Waals surface area contributed by atoms with Gasteiger partial charge in [-0.25, -0.2) is 21.6 Å². The molecule has 2 aliphatic rings. The number of piperazine rings is 1. The van der Waals surface area contributed by atoms with Crippen LogP contribution < -0.4 is 3.71 Å². The van der Waals surface area contributed by atoms with Gasteiger partial charge in [0.05, 0.1) is 37.8 Å². The Balaban J connectivity index is 1.87. The van der Waals surface area contributed by atoms with E-state index in [1.165, 1.54) is 19.2 Å². The molecule has 0 aromatic heterocycles. The summed E-state index contributed by atoms with van der Waals surface area (Å²) < 4.78 is 54.4. The highest BCUT2D eigenvalue weighted by Gasteiger charge is 2.35. The van der Waals surface area contributed by atoms with Gasteiger partial charge in [0.1, 0.15) is 0 Å². The molecule has 2 saturated heterocycles. The van der Waals surface area contributed by atoms with Crippen molar-refractivity contribution >= 4 is 37.7 Å². The van der Waals surface area contributed by atoms with Crippen molar-refractivity contribution in [3.05, 3.63) is 29.8 Å². The topological polar surface area (TPSA) is 125 Å². The molecule has 1 aromatic carbocycles. The molecule has 0 spiro atoms. The number of likely N-dealkylation sites (tertiary alicyclic amines) is 1. The van der Waals surface area contributed by atoms with Crippen LogP contribution in [0.25, 0.3) is 0 Å². The van der Waals surface area contributed by atoms with Crippen molar-refractivity contribution in [1.82, 2.24) is 14.7 Å². The molecule has 2 amide bonds. The van der Waals surface area contributed by atoms with Crippen molar-refractivity contribution < 1.29 is 31.2 Å². The first-order valence-electron chi connectivity index (χ1n) is 11.0. The summed E-state index contributed by atoms with van der Waals surface area (Å²) in [5.74, 6) is -0.261. The molecule has 11 nitrogen and oxygen atoms in total. The smallest absolute Gasteiger partial charge is 0.409 e. The van der Waals surface area contributed by atoms with Gasteiger partial charge in [-0.15, -0.1) is 0 Å². The zero-order chi connectivity index (χ0) is 25.1. The lowest BCUT2D eigenvalue weighted by molar-refractivity contribution is -0.135. The molecule has 0 bridgehead atoms. The first-order valence-corrected chi connectivity index (χ1v) is 14.7. The van der Waals surface area contributed by atoms with Crippen molar-refractivity contribution in [2.45, 2.75) is 25.3 Å². The molecule has 2 fully saturated rings. The van der Waals surface area contributed by atoms with Crippen LogP contribution in [0.1, 0.15) is 18.4 Å². The number of anilines is 1. The van der Waals surface area contributed by atoms with E-state index >= 15 is 0 Å². The predicted molar refractivity (Wildman–Crippen MR) is 127 cm³/mol. The van der Waals surface area contributed by atoms with Crippen molar-refractivity contribution in [2.24, 2.45) is 0 Å². The predicted octanol–water partition coefficient (Wildman–Crippen LogP) is 0.330. The third-order valence-corrected chi connectivity index (χ3v) is 9.26. The maximum absolute atomic E-state index is 13.4. The van der Waals surface area contributed by atoms with Gasteiger partial charge >= 0.3 is 6.09 Å². The Labute approximate surface area is 201 Å². The van der Waals surface area contributed by atoms with E-state index in [4.69, 9.17) is 4.74 Å². The number of nitrogens with zero attached hydrogens (tertiary/aromatic N) is 4. The second kappa shape index (κ2) is 10.5. The van der Waals surface area contributed by atoms with E-state index < -0.39 is 26.1 Å². The van der Waals surface area contributed by atoms with E-state index in [-0.39, 0.29) is 24.1 Å². The number of benzene rings is 1. The molecule has 1 aromatic rings. The molecule has 0 unspecified atom stereocenters. The average Bonchev–Trinajstić information content (AvgIpc) is 3.25. The summed E-state index contributed by atoms with van der Waals surface area (Å²) in [6, 6.07) is 5.83. The third kappa shape index (κ3) is 6.19. The fourth-order valence-electron chi connectivity index (χ4n) is 4.60. The standard InChI is InChI=1S/C21H32N4O7S2/c1-32-21(27)23-12-13-24(18(16-23)15-22-10-6-7-11-22)20(26)14-17-8-4-5-9-19(17)25(33(2,28)29)34(3,30)31/h4-5,8-9,18H,6-7,10-16H2,1-3H3/t18-/m1/s1. The molecule has 0 saturated carbocycles. The Kier molecular flexibility index (Phi) is 8.09. The summed E-state index contributed by atoms with van der Waals surface area (Å²) in [5, 5.41) is 0. The lowest BCUT2D eigenvalue weighted by atomic mass is 10.1. The van der Waals surface area contributed by atoms with Gasteiger partial charge in [-0.05, 0) is 37.6 Å². The second-order valence-corrected chi connectivity index (χ2v) is 12.6. The maximum Gasteiger partial charge on any atom is 0.409 e. The average molecular weight is 517 g/mol. The molecule has 1 atom stereocenters. The van der Waals surface area contributed by atoms with E-state index in [1.54, 1.807) is 21.9 Å². The van der Waals surface area contributed by atoms with Crippen LogP contribution in [-0.4, -0.2) is 108 Å². The quantitative estimate of drug-likeness (QED) is 0.508. The van der Waals surface area contributed by atoms with Gasteiger partial charge in [-0.1, -0.05) is 18.2 Å². The van der Waals surface area contributed by atoms with Gasteiger partial charge < -0.3 is 19.4 Å². The first-order chi connectivity index (χ1) is 15.9. The van der Waals surface area contributed by atoms with E-state index in [2.05, 4.69) is 4.90 Å². The molecule has 190 valence electrons. The zero-order valence-electron chi connectivity index (χ0n) is 19.7. The number of carbonyl (C=O) groups excluding carboxylic acids is 2. The number of amides is 2. The summed E-state index contributed by atoms with van der Waals surface area (Å²) in [4.78, 5) is 31.1. The molecular formula is C21H32N4O7S2. The van der Waals surface area contributed by atoms with Crippen LogP contribution >= 0.6 is 0 Å². The Morgan fingerprint density at radius 2 is 1.62 bits per heavy atom. The molecule has 34 heavy (non-hydrogen) atoms. The summed E-state index contributed by atoms with van der Waals surface area (Å²) in [5.41, 5.74) is 0.226. The summed E-state index contributed by atoms with van der Waals surface area (Å²) in [6.45, 7) is 3.41. The minimum Gasteiger partial charge on any atom is -0.453 e. The number of sulfonamides is 2. The van der Waals surface area contributed by atoms with Gasteiger partial charge in [-0.3, -0.25) is 4.79 Å². The number of ether oxygens (including phenoxy) is 1. The van der Waals surface area contributed by atoms with Gasteiger partial charge in [-0.2, -0.15) is 3.71 Å². The van der Waals surface area contributed by atoms with Crippen LogP contribution in [0.3, 0.4) is 0 Å². The lowest BCUT2D eigenvalue weighted by Crippen LogP contribution is -2.59. The van der Waals surface area contributed by atoms with Crippen LogP contribution in [0.4, 0.5) is 10.5 Å². The van der Waals surface area contributed by atoms with E-state index in [9.17, 15) is 26.4 Å². The molecular weight excluding hydrogens is 484 g/mol. The molecule has 0 N–H and O–H groups in total. The van der Waals surface area contributed by atoms with E-state index in [1.807, 2.05) is 0 Å². The first kappa shape index (κ1) is 26.2. The van der Waals surface area contributed by atoms with Crippen LogP contribution in [0.5, 0.6) is 0 Å². The second-order valence-electron chi connectivity index (χ2n) is 8.69. The van der Waals surface area contributed by atoms with Crippen molar-refractivity contribution in [2.75, 3.05) is 62.6 Å². The molecule has 0 aliphatic carbocycles. The Morgan fingerprint density at radius 3 is 2.21 bits per heavy atom. The van der Waals surface area contributed by atoms with Crippen LogP contribution in [0, 0.1) is 0 Å². The lowest BCUT2D eigenvalue weighted by Gasteiger charge is -2.42. The van der Waals surface area contributed by atoms with Crippen molar-refractivity contribution in [1.29, 1.82) is 0 Å². The highest BCUT2D eigenvalue weighted by Crippen LogP contribution is 2.27. The molecule has 2 aliphatic heterocycles. The number of para-hydroxylation sites is 1. The largest absolute Gasteiger partial charge is 0.453 e. The highest BCUT2D eigenvalue weighted by atomic mass is 32.3. The highest BCUT2D eigenvalue weighted by molar-refractivity contribution is 8.09.